The van der Waals surface area contributed by atoms with Gasteiger partial charge in [-0.25, -0.2) is 4.79 Å². The van der Waals surface area contributed by atoms with Crippen molar-refractivity contribution in [2.45, 2.75) is 19.4 Å². The number of carboxylic acids is 1. The third-order valence-corrected chi connectivity index (χ3v) is 3.30. The zero-order valence-electron chi connectivity index (χ0n) is 11.4. The minimum atomic E-state index is -0.952. The normalized spacial score (nSPS) is 22.3. The first-order chi connectivity index (χ1) is 9.02. The van der Waals surface area contributed by atoms with Crippen LogP contribution in [0.3, 0.4) is 0 Å². The molecule has 1 heterocycles. The van der Waals surface area contributed by atoms with Gasteiger partial charge in [-0.3, -0.25) is 4.79 Å². The Morgan fingerprint density at radius 3 is 2.53 bits per heavy atom. The molecule has 2 unspecified atom stereocenters. The monoisotopic (exact) mass is 274 g/mol. The number of hydrogen-bond acceptors (Lipinski definition) is 4. The van der Waals surface area contributed by atoms with Crippen LogP contribution >= 0.6 is 0 Å². The smallest absolute Gasteiger partial charge is 0.320 e. The number of carbonyl (C=O) groups excluding carboxylic acids is 1. The Morgan fingerprint density at radius 2 is 2.00 bits per heavy atom. The highest BCUT2D eigenvalue weighted by Crippen LogP contribution is 2.20. The van der Waals surface area contributed by atoms with Crippen LogP contribution in [0.2, 0.25) is 0 Å². The summed E-state index contributed by atoms with van der Waals surface area (Å²) in [5.41, 5.74) is 0. The maximum absolute atomic E-state index is 12.3. The van der Waals surface area contributed by atoms with E-state index in [0.29, 0.717) is 6.54 Å². The Morgan fingerprint density at radius 1 is 1.32 bits per heavy atom. The molecule has 2 N–H and O–H groups in total. The third-order valence-electron chi connectivity index (χ3n) is 3.30. The zero-order chi connectivity index (χ0) is 14.4. The van der Waals surface area contributed by atoms with Gasteiger partial charge in [0.05, 0.1) is 25.9 Å². The maximum Gasteiger partial charge on any atom is 0.320 e. The molecule has 7 heteroatoms. The second-order valence-electron chi connectivity index (χ2n) is 4.65. The molecule has 19 heavy (non-hydrogen) atoms. The molecule has 0 aromatic carbocycles. The lowest BCUT2D eigenvalue weighted by Gasteiger charge is -2.32. The minimum Gasteiger partial charge on any atom is -0.481 e. The number of nitrogens with zero attached hydrogens (tertiary/aromatic N) is 2. The molecule has 0 aromatic heterocycles. The predicted octanol–water partition coefficient (Wildman–Crippen LogP) is -0.158. The van der Waals surface area contributed by atoms with Gasteiger partial charge >= 0.3 is 12.0 Å². The van der Waals surface area contributed by atoms with Crippen LogP contribution in [0.1, 0.15) is 13.3 Å². The third kappa shape index (κ3) is 3.81. The molecular formula is C12H22N2O5. The number of ether oxygens (including phenoxy) is 1. The van der Waals surface area contributed by atoms with E-state index in [1.807, 2.05) is 6.92 Å². The van der Waals surface area contributed by atoms with Gasteiger partial charge in [0, 0.05) is 20.1 Å². The van der Waals surface area contributed by atoms with E-state index in [1.165, 1.54) is 9.80 Å². The number of carbonyl (C=O) groups is 2. The molecular weight excluding hydrogens is 252 g/mol. The van der Waals surface area contributed by atoms with Gasteiger partial charge in [0.15, 0.2) is 0 Å². The lowest BCUT2D eigenvalue weighted by molar-refractivity contribution is -0.142. The zero-order valence-corrected chi connectivity index (χ0v) is 11.4. The lowest BCUT2D eigenvalue weighted by atomic mass is 10.0. The van der Waals surface area contributed by atoms with Crippen LogP contribution in [0.25, 0.3) is 0 Å². The molecule has 2 amide bonds. The summed E-state index contributed by atoms with van der Waals surface area (Å²) in [4.78, 5) is 26.3. The predicted molar refractivity (Wildman–Crippen MR) is 67.8 cm³/mol. The van der Waals surface area contributed by atoms with Crippen LogP contribution in [-0.4, -0.2) is 78.0 Å². The van der Waals surface area contributed by atoms with Crippen LogP contribution in [0.4, 0.5) is 4.79 Å². The number of rotatable bonds is 6. The average molecular weight is 274 g/mol. The first-order valence-electron chi connectivity index (χ1n) is 6.46. The largest absolute Gasteiger partial charge is 0.481 e. The van der Waals surface area contributed by atoms with E-state index in [0.717, 1.165) is 6.42 Å². The number of urea groups is 1. The quantitative estimate of drug-likeness (QED) is 0.702. The second-order valence-corrected chi connectivity index (χ2v) is 4.65. The Balaban J connectivity index is 2.71. The fourth-order valence-electron chi connectivity index (χ4n) is 2.22. The Kier molecular flexibility index (Phi) is 6.04. The van der Waals surface area contributed by atoms with Crippen molar-refractivity contribution in [2.24, 2.45) is 5.92 Å². The van der Waals surface area contributed by atoms with Crippen LogP contribution in [0, 0.1) is 5.92 Å². The van der Waals surface area contributed by atoms with Gasteiger partial charge in [-0.15, -0.1) is 0 Å². The van der Waals surface area contributed by atoms with Gasteiger partial charge < -0.3 is 24.7 Å². The molecule has 1 aliphatic rings. The van der Waals surface area contributed by atoms with Crippen molar-refractivity contribution in [3.63, 3.8) is 0 Å². The molecule has 0 spiro atoms. The number of aliphatic carboxylic acids is 1. The highest BCUT2D eigenvalue weighted by atomic mass is 16.5. The summed E-state index contributed by atoms with van der Waals surface area (Å²) in [6.07, 6.45) is 0.781. The van der Waals surface area contributed by atoms with Crippen molar-refractivity contribution in [2.75, 3.05) is 40.0 Å². The SMILES string of the molecule is CCCN(CCO)C(=O)N(C)C1COCC1C(=O)O. The number of hydrogen-bond donors (Lipinski definition) is 2. The van der Waals surface area contributed by atoms with E-state index in [2.05, 4.69) is 0 Å². The topological polar surface area (TPSA) is 90.3 Å². The summed E-state index contributed by atoms with van der Waals surface area (Å²) in [7, 11) is 1.58. The maximum atomic E-state index is 12.3. The number of likely N-dealkylation sites (N-methyl/N-ethyl adjacent to an activating group) is 1. The second kappa shape index (κ2) is 7.30. The highest BCUT2D eigenvalue weighted by molar-refractivity contribution is 5.77. The van der Waals surface area contributed by atoms with Crippen LogP contribution in [-0.2, 0) is 9.53 Å². The van der Waals surface area contributed by atoms with Crippen LogP contribution in [0.5, 0.6) is 0 Å². The van der Waals surface area contributed by atoms with Gasteiger partial charge in [0.25, 0.3) is 0 Å². The van der Waals surface area contributed by atoms with E-state index >= 15 is 0 Å². The molecule has 0 saturated carbocycles. The van der Waals surface area contributed by atoms with E-state index in [9.17, 15) is 9.59 Å². The van der Waals surface area contributed by atoms with Crippen molar-refractivity contribution >= 4 is 12.0 Å². The summed E-state index contributed by atoms with van der Waals surface area (Å²) >= 11 is 0. The Hall–Kier alpha value is -1.34. The molecule has 0 aliphatic carbocycles. The standard InChI is InChI=1S/C12H22N2O5/c1-3-4-14(5-6-15)12(18)13(2)10-8-19-7-9(10)11(16)17/h9-10,15H,3-8H2,1-2H3,(H,16,17). The number of aliphatic hydroxyl groups is 1. The molecule has 7 nitrogen and oxygen atoms in total. The van der Waals surface area contributed by atoms with Gasteiger partial charge in [-0.05, 0) is 6.42 Å². The summed E-state index contributed by atoms with van der Waals surface area (Å²) in [6.45, 7) is 2.99. The van der Waals surface area contributed by atoms with Crippen molar-refractivity contribution in [1.82, 2.24) is 9.80 Å². The summed E-state index contributed by atoms with van der Waals surface area (Å²) < 4.78 is 5.16. The van der Waals surface area contributed by atoms with Crippen molar-refractivity contribution in [3.05, 3.63) is 0 Å². The Bertz CT molecular complexity index is 317. The van der Waals surface area contributed by atoms with Crippen molar-refractivity contribution in [1.29, 1.82) is 0 Å². The molecule has 0 aromatic rings. The number of aliphatic hydroxyl groups excluding tert-OH is 1. The van der Waals surface area contributed by atoms with E-state index in [-0.39, 0.29) is 32.4 Å². The molecule has 1 fully saturated rings. The van der Waals surface area contributed by atoms with Gasteiger partial charge in [0.2, 0.25) is 0 Å². The van der Waals surface area contributed by atoms with Gasteiger partial charge in [-0.2, -0.15) is 0 Å². The first-order valence-corrected chi connectivity index (χ1v) is 6.46. The lowest BCUT2D eigenvalue weighted by Crippen LogP contribution is -2.50. The summed E-state index contributed by atoms with van der Waals surface area (Å²) in [6, 6.07) is -0.722. The highest BCUT2D eigenvalue weighted by Gasteiger charge is 2.39. The molecule has 1 aliphatic heterocycles. The van der Waals surface area contributed by atoms with Crippen molar-refractivity contribution in [3.8, 4) is 0 Å². The molecule has 2 atom stereocenters. The van der Waals surface area contributed by atoms with Crippen molar-refractivity contribution < 1.29 is 24.5 Å². The summed E-state index contributed by atoms with van der Waals surface area (Å²) in [5.74, 6) is -1.64. The first kappa shape index (κ1) is 15.7. The van der Waals surface area contributed by atoms with E-state index < -0.39 is 17.9 Å². The van der Waals surface area contributed by atoms with Crippen LogP contribution < -0.4 is 0 Å². The molecule has 1 rings (SSSR count). The fourth-order valence-corrected chi connectivity index (χ4v) is 2.22. The fraction of sp³-hybridized carbons (Fsp3) is 0.833. The molecule has 1 saturated heterocycles. The van der Waals surface area contributed by atoms with E-state index in [1.54, 1.807) is 7.05 Å². The number of amides is 2. The molecule has 110 valence electrons. The van der Waals surface area contributed by atoms with Gasteiger partial charge in [0.1, 0.15) is 5.92 Å². The van der Waals surface area contributed by atoms with E-state index in [4.69, 9.17) is 14.9 Å². The minimum absolute atomic E-state index is 0.108. The molecule has 0 bridgehead atoms. The average Bonchev–Trinajstić information content (AvgIpc) is 2.86. The van der Waals surface area contributed by atoms with Gasteiger partial charge in [-0.1, -0.05) is 6.92 Å². The number of carboxylic acid groups (broad SMARTS) is 1. The summed E-state index contributed by atoms with van der Waals surface area (Å²) in [5, 5.41) is 18.1. The van der Waals surface area contributed by atoms with Crippen LogP contribution in [0.15, 0.2) is 0 Å². The molecule has 0 radical (unpaired) electrons. The Labute approximate surface area is 112 Å².